The van der Waals surface area contributed by atoms with Crippen LogP contribution >= 0.6 is 0 Å². The summed E-state index contributed by atoms with van der Waals surface area (Å²) >= 11 is 0. The normalized spacial score (nSPS) is 24.8. The van der Waals surface area contributed by atoms with Crippen LogP contribution < -0.4 is 5.32 Å². The highest BCUT2D eigenvalue weighted by molar-refractivity contribution is 5.83. The first kappa shape index (κ1) is 17.0. The van der Waals surface area contributed by atoms with Gasteiger partial charge in [-0.15, -0.1) is 0 Å². The molecule has 1 atom stereocenters. The molecular weight excluding hydrogens is 310 g/mol. The second-order valence-electron chi connectivity index (χ2n) is 7.96. The average Bonchev–Trinajstić information content (AvgIpc) is 3.48. The smallest absolute Gasteiger partial charge is 0.242 e. The molecule has 1 aromatic carbocycles. The highest BCUT2D eigenvalue weighted by atomic mass is 16.2. The Kier molecular flexibility index (Phi) is 5.37. The number of benzene rings is 1. The molecule has 1 N–H and O–H groups in total. The zero-order valence-electron chi connectivity index (χ0n) is 15.2. The fourth-order valence-electron chi connectivity index (χ4n) is 4.46. The van der Waals surface area contributed by atoms with Crippen LogP contribution in [0.25, 0.3) is 0 Å². The molecule has 0 bridgehead atoms. The van der Waals surface area contributed by atoms with Crippen LogP contribution in [0.1, 0.15) is 56.6 Å². The molecule has 2 aliphatic heterocycles. The van der Waals surface area contributed by atoms with Gasteiger partial charge in [0.2, 0.25) is 5.91 Å². The molecule has 136 valence electrons. The Morgan fingerprint density at radius 2 is 1.60 bits per heavy atom. The number of carbonyl (C=O) groups is 1. The van der Waals surface area contributed by atoms with Gasteiger partial charge in [-0.2, -0.15) is 0 Å². The molecular formula is C21H31N3O. The van der Waals surface area contributed by atoms with Crippen molar-refractivity contribution in [1.29, 1.82) is 0 Å². The lowest BCUT2D eigenvalue weighted by molar-refractivity contribution is -0.127. The summed E-state index contributed by atoms with van der Waals surface area (Å²) < 4.78 is 0. The second-order valence-corrected chi connectivity index (χ2v) is 7.96. The molecule has 2 heterocycles. The summed E-state index contributed by atoms with van der Waals surface area (Å²) in [6.45, 7) is 4.60. The third-order valence-corrected chi connectivity index (χ3v) is 6.06. The summed E-state index contributed by atoms with van der Waals surface area (Å²) in [6, 6.07) is 11.4. The number of amides is 1. The van der Waals surface area contributed by atoms with E-state index in [-0.39, 0.29) is 11.9 Å². The van der Waals surface area contributed by atoms with Crippen LogP contribution in [0.2, 0.25) is 0 Å². The lowest BCUT2D eigenvalue weighted by Gasteiger charge is -2.42. The minimum absolute atomic E-state index is 0.121. The topological polar surface area (TPSA) is 35.6 Å². The Hall–Kier alpha value is -1.39. The standard InChI is InChI=1S/C21H31N3O/c25-21(22-18-9-10-18)20(17-7-3-1-4-8-17)24-15-11-19(12-16-24)23-13-5-2-6-14-23/h1,3-4,7-8,18-20H,2,5-6,9-16H2,(H,22,25)/t20-/m0/s1. The van der Waals surface area contributed by atoms with Gasteiger partial charge in [-0.1, -0.05) is 36.8 Å². The highest BCUT2D eigenvalue weighted by Gasteiger charge is 2.35. The first-order chi connectivity index (χ1) is 12.3. The molecule has 4 heteroatoms. The van der Waals surface area contributed by atoms with E-state index in [0.717, 1.165) is 37.5 Å². The van der Waals surface area contributed by atoms with Crippen LogP contribution in [0.5, 0.6) is 0 Å². The number of hydrogen-bond donors (Lipinski definition) is 1. The first-order valence-electron chi connectivity index (χ1n) is 10.1. The van der Waals surface area contributed by atoms with Crippen molar-refractivity contribution in [1.82, 2.24) is 15.1 Å². The van der Waals surface area contributed by atoms with E-state index in [1.807, 2.05) is 18.2 Å². The summed E-state index contributed by atoms with van der Waals surface area (Å²) in [7, 11) is 0. The van der Waals surface area contributed by atoms with Crippen LogP contribution in [-0.4, -0.2) is 54.0 Å². The molecule has 4 nitrogen and oxygen atoms in total. The lowest BCUT2D eigenvalue weighted by atomic mass is 9.96. The molecule has 1 aromatic rings. The predicted molar refractivity (Wildman–Crippen MR) is 100 cm³/mol. The van der Waals surface area contributed by atoms with E-state index < -0.39 is 0 Å². The van der Waals surface area contributed by atoms with Gasteiger partial charge in [0, 0.05) is 25.2 Å². The van der Waals surface area contributed by atoms with Gasteiger partial charge in [-0.05, 0) is 57.2 Å². The number of nitrogens with zero attached hydrogens (tertiary/aromatic N) is 2. The quantitative estimate of drug-likeness (QED) is 0.894. The minimum atomic E-state index is -0.121. The van der Waals surface area contributed by atoms with Crippen molar-refractivity contribution in [3.05, 3.63) is 35.9 Å². The van der Waals surface area contributed by atoms with E-state index in [1.54, 1.807) is 0 Å². The lowest BCUT2D eigenvalue weighted by Crippen LogP contribution is -2.50. The zero-order valence-corrected chi connectivity index (χ0v) is 15.2. The molecule has 3 aliphatic rings. The number of nitrogens with one attached hydrogen (secondary N) is 1. The van der Waals surface area contributed by atoms with Gasteiger partial charge >= 0.3 is 0 Å². The van der Waals surface area contributed by atoms with E-state index in [4.69, 9.17) is 0 Å². The van der Waals surface area contributed by atoms with Crippen LogP contribution in [0.3, 0.4) is 0 Å². The molecule has 3 fully saturated rings. The van der Waals surface area contributed by atoms with Gasteiger partial charge in [-0.3, -0.25) is 9.69 Å². The SMILES string of the molecule is O=C(NC1CC1)[C@H](c1ccccc1)N1CCC(N2CCCCC2)CC1. The Morgan fingerprint density at radius 1 is 0.920 bits per heavy atom. The fourth-order valence-corrected chi connectivity index (χ4v) is 4.46. The molecule has 0 radical (unpaired) electrons. The van der Waals surface area contributed by atoms with Gasteiger partial charge in [0.15, 0.2) is 0 Å². The number of carbonyl (C=O) groups excluding carboxylic acids is 1. The van der Waals surface area contributed by atoms with Crippen molar-refractivity contribution in [3.8, 4) is 0 Å². The van der Waals surface area contributed by atoms with Crippen molar-refractivity contribution in [2.75, 3.05) is 26.2 Å². The zero-order chi connectivity index (χ0) is 17.1. The summed E-state index contributed by atoms with van der Waals surface area (Å²) in [5.41, 5.74) is 1.14. The van der Waals surface area contributed by atoms with Crippen molar-refractivity contribution < 1.29 is 4.79 Å². The predicted octanol–water partition coefficient (Wildman–Crippen LogP) is 2.96. The maximum absolute atomic E-state index is 12.9. The van der Waals surface area contributed by atoms with Gasteiger partial charge in [-0.25, -0.2) is 0 Å². The number of hydrogen-bond acceptors (Lipinski definition) is 3. The molecule has 0 aromatic heterocycles. The number of piperidine rings is 2. The van der Waals surface area contributed by atoms with Gasteiger partial charge in [0.05, 0.1) is 0 Å². The molecule has 0 unspecified atom stereocenters. The molecule has 1 saturated carbocycles. The van der Waals surface area contributed by atoms with Gasteiger partial charge in [0.1, 0.15) is 6.04 Å². The molecule has 4 rings (SSSR count). The van der Waals surface area contributed by atoms with Crippen LogP contribution in [-0.2, 0) is 4.79 Å². The Bertz CT molecular complexity index is 558. The van der Waals surface area contributed by atoms with Crippen molar-refractivity contribution in [2.24, 2.45) is 0 Å². The minimum Gasteiger partial charge on any atom is -0.352 e. The summed E-state index contributed by atoms with van der Waals surface area (Å²) in [5.74, 6) is 0.199. The van der Waals surface area contributed by atoms with E-state index in [0.29, 0.717) is 6.04 Å². The van der Waals surface area contributed by atoms with Crippen LogP contribution in [0.15, 0.2) is 30.3 Å². The summed E-state index contributed by atoms with van der Waals surface area (Å²) in [6.07, 6.45) is 8.79. The van der Waals surface area contributed by atoms with Crippen LogP contribution in [0, 0.1) is 0 Å². The third-order valence-electron chi connectivity index (χ3n) is 6.06. The van der Waals surface area contributed by atoms with Crippen molar-refractivity contribution >= 4 is 5.91 Å². The van der Waals surface area contributed by atoms with Crippen molar-refractivity contribution in [3.63, 3.8) is 0 Å². The molecule has 1 amide bonds. The first-order valence-corrected chi connectivity index (χ1v) is 10.1. The van der Waals surface area contributed by atoms with Gasteiger partial charge < -0.3 is 10.2 Å². The fraction of sp³-hybridized carbons (Fsp3) is 0.667. The van der Waals surface area contributed by atoms with Gasteiger partial charge in [0.25, 0.3) is 0 Å². The van der Waals surface area contributed by atoms with E-state index in [2.05, 4.69) is 27.2 Å². The maximum Gasteiger partial charge on any atom is 0.242 e. The molecule has 1 aliphatic carbocycles. The average molecular weight is 341 g/mol. The Balaban J connectivity index is 1.42. The maximum atomic E-state index is 12.9. The molecule has 2 saturated heterocycles. The largest absolute Gasteiger partial charge is 0.352 e. The number of likely N-dealkylation sites (tertiary alicyclic amines) is 2. The Labute approximate surface area is 151 Å². The summed E-state index contributed by atoms with van der Waals surface area (Å²) in [5, 5.41) is 3.23. The molecule has 25 heavy (non-hydrogen) atoms. The van der Waals surface area contributed by atoms with Crippen LogP contribution in [0.4, 0.5) is 0 Å². The van der Waals surface area contributed by atoms with Crippen molar-refractivity contribution in [2.45, 2.75) is 63.1 Å². The van der Waals surface area contributed by atoms with E-state index >= 15 is 0 Å². The third kappa shape index (κ3) is 4.24. The summed E-state index contributed by atoms with van der Waals surface area (Å²) in [4.78, 5) is 18.0. The Morgan fingerprint density at radius 3 is 2.24 bits per heavy atom. The monoisotopic (exact) mass is 341 g/mol. The molecule has 0 spiro atoms. The highest BCUT2D eigenvalue weighted by Crippen LogP contribution is 2.29. The second kappa shape index (κ2) is 7.88. The number of rotatable bonds is 5. The van der Waals surface area contributed by atoms with E-state index in [9.17, 15) is 4.79 Å². The van der Waals surface area contributed by atoms with E-state index in [1.165, 1.54) is 45.2 Å².